The molecule has 1 amide bonds. The van der Waals surface area contributed by atoms with Gasteiger partial charge in [0.25, 0.3) is 5.91 Å². The van der Waals surface area contributed by atoms with Crippen molar-refractivity contribution < 1.29 is 27.1 Å². The Hall–Kier alpha value is -3.66. The minimum Gasteiger partial charge on any atom is -0.477 e. The number of fused-ring (bicyclic) bond motifs is 1. The average Bonchev–Trinajstić information content (AvgIpc) is 3.25. The smallest absolute Gasteiger partial charge is 0.326 e. The highest BCUT2D eigenvalue weighted by atomic mass is 32.2. The lowest BCUT2D eigenvalue weighted by molar-refractivity contribution is 0.0977. The van der Waals surface area contributed by atoms with E-state index in [0.717, 1.165) is 21.5 Å². The minimum absolute atomic E-state index is 0.178. The molecule has 4 rings (SSSR count). The third kappa shape index (κ3) is 5.43. The molecule has 8 nitrogen and oxygen atoms in total. The number of rotatable bonds is 8. The van der Waals surface area contributed by atoms with Gasteiger partial charge in [-0.05, 0) is 55.5 Å². The lowest BCUT2D eigenvalue weighted by Gasteiger charge is -2.20. The van der Waals surface area contributed by atoms with Crippen LogP contribution in [0.2, 0.25) is 0 Å². The summed E-state index contributed by atoms with van der Waals surface area (Å²) < 4.78 is 55.2. The number of carbonyl (C=O) groups is 1. The van der Waals surface area contributed by atoms with Gasteiger partial charge in [-0.2, -0.15) is 8.42 Å². The Morgan fingerprint density at radius 2 is 1.92 bits per heavy atom. The lowest BCUT2D eigenvalue weighted by atomic mass is 10.1. The van der Waals surface area contributed by atoms with Crippen LogP contribution in [-0.4, -0.2) is 32.5 Å². The number of halogens is 1. The number of anilines is 1. The number of aromatic nitrogens is 1. The van der Waals surface area contributed by atoms with E-state index in [0.29, 0.717) is 41.8 Å². The normalized spacial score (nSPS) is 13.0. The summed E-state index contributed by atoms with van der Waals surface area (Å²) in [6, 6.07) is 11.1. The van der Waals surface area contributed by atoms with Crippen LogP contribution < -0.4 is 18.5 Å². The van der Waals surface area contributed by atoms with E-state index >= 15 is 0 Å². The largest absolute Gasteiger partial charge is 0.477 e. The standard InChI is InChI=1S/C26H28FN3O5S/c1-16(2)15-34-26-18(4)11-20(14-28-26)35-24-13-22(27)21(12-17(24)3)25(31)29-36(32,33)30-10-9-19-7-5-6-8-23(19)30/h5-8,11-14,16H,9-10,15H2,1-4H3,(H,29,31). The van der Waals surface area contributed by atoms with Crippen LogP contribution >= 0.6 is 0 Å². The zero-order chi connectivity index (χ0) is 26.0. The number of ether oxygens (including phenoxy) is 2. The van der Waals surface area contributed by atoms with E-state index in [9.17, 15) is 17.6 Å². The van der Waals surface area contributed by atoms with Gasteiger partial charge < -0.3 is 9.47 Å². The molecule has 1 aliphatic heterocycles. The van der Waals surface area contributed by atoms with Gasteiger partial charge in [0.15, 0.2) is 0 Å². The Kier molecular flexibility index (Phi) is 7.16. The number of hydrogen-bond acceptors (Lipinski definition) is 6. The highest BCUT2D eigenvalue weighted by Crippen LogP contribution is 2.31. The predicted molar refractivity (Wildman–Crippen MR) is 134 cm³/mol. The van der Waals surface area contributed by atoms with E-state index in [1.807, 2.05) is 37.6 Å². The van der Waals surface area contributed by atoms with Crippen LogP contribution in [0.3, 0.4) is 0 Å². The van der Waals surface area contributed by atoms with Gasteiger partial charge in [0.2, 0.25) is 5.88 Å². The van der Waals surface area contributed by atoms with Crippen molar-refractivity contribution in [2.24, 2.45) is 5.92 Å². The molecule has 0 saturated carbocycles. The van der Waals surface area contributed by atoms with Crippen LogP contribution in [0.25, 0.3) is 0 Å². The van der Waals surface area contributed by atoms with Crippen LogP contribution in [0, 0.1) is 25.6 Å². The molecule has 0 atom stereocenters. The number of hydrogen-bond donors (Lipinski definition) is 1. The zero-order valence-electron chi connectivity index (χ0n) is 20.5. The highest BCUT2D eigenvalue weighted by molar-refractivity contribution is 7.91. The first kappa shape index (κ1) is 25.4. The van der Waals surface area contributed by atoms with Crippen molar-refractivity contribution >= 4 is 21.8 Å². The van der Waals surface area contributed by atoms with Crippen molar-refractivity contribution in [1.82, 2.24) is 9.71 Å². The fraction of sp³-hybridized carbons (Fsp3) is 0.308. The van der Waals surface area contributed by atoms with E-state index < -0.39 is 27.5 Å². The van der Waals surface area contributed by atoms with Crippen molar-refractivity contribution in [3.8, 4) is 17.4 Å². The number of nitrogens with one attached hydrogen (secondary N) is 1. The van der Waals surface area contributed by atoms with Gasteiger partial charge in [0.1, 0.15) is 17.3 Å². The fourth-order valence-corrected chi connectivity index (χ4v) is 5.07. The van der Waals surface area contributed by atoms with Crippen LogP contribution in [0.4, 0.5) is 10.1 Å². The molecule has 36 heavy (non-hydrogen) atoms. The molecular weight excluding hydrogens is 485 g/mol. The monoisotopic (exact) mass is 513 g/mol. The topological polar surface area (TPSA) is 97.8 Å². The maximum Gasteiger partial charge on any atom is 0.326 e. The summed E-state index contributed by atoms with van der Waals surface area (Å²) in [6.07, 6.45) is 2.00. The molecule has 10 heteroatoms. The van der Waals surface area contributed by atoms with Gasteiger partial charge in [-0.3, -0.25) is 9.10 Å². The molecule has 0 bridgehead atoms. The van der Waals surface area contributed by atoms with E-state index in [1.165, 1.54) is 12.3 Å². The maximum atomic E-state index is 14.9. The van der Waals surface area contributed by atoms with Crippen LogP contribution in [0.1, 0.15) is 40.9 Å². The number of para-hydroxylation sites is 1. The van der Waals surface area contributed by atoms with E-state index in [1.54, 1.807) is 25.1 Å². The summed E-state index contributed by atoms with van der Waals surface area (Å²) in [5.74, 6) is -0.573. The average molecular weight is 514 g/mol. The predicted octanol–water partition coefficient (Wildman–Crippen LogP) is 4.70. The van der Waals surface area contributed by atoms with E-state index in [4.69, 9.17) is 9.47 Å². The number of amides is 1. The zero-order valence-corrected chi connectivity index (χ0v) is 21.4. The first-order chi connectivity index (χ1) is 17.0. The van der Waals surface area contributed by atoms with Crippen molar-refractivity contribution in [3.63, 3.8) is 0 Å². The molecular formula is C26H28FN3O5S. The second-order valence-electron chi connectivity index (χ2n) is 9.08. The second-order valence-corrected chi connectivity index (χ2v) is 10.7. The van der Waals surface area contributed by atoms with E-state index in [-0.39, 0.29) is 12.3 Å². The molecule has 0 spiro atoms. The molecule has 1 aromatic heterocycles. The molecule has 1 N–H and O–H groups in total. The molecule has 190 valence electrons. The van der Waals surface area contributed by atoms with Crippen LogP contribution in [-0.2, 0) is 16.6 Å². The summed E-state index contributed by atoms with van der Waals surface area (Å²) in [7, 11) is -4.21. The summed E-state index contributed by atoms with van der Waals surface area (Å²) >= 11 is 0. The molecule has 0 unspecified atom stereocenters. The molecule has 0 aliphatic carbocycles. The van der Waals surface area contributed by atoms with Crippen molar-refractivity contribution in [1.29, 1.82) is 0 Å². The SMILES string of the molecule is Cc1cc(C(=O)NS(=O)(=O)N2CCc3ccccc32)c(F)cc1Oc1cnc(OCC(C)C)c(C)c1. The van der Waals surface area contributed by atoms with Crippen molar-refractivity contribution in [2.75, 3.05) is 17.5 Å². The number of aryl methyl sites for hydroxylation is 2. The quantitative estimate of drug-likeness (QED) is 0.469. The molecule has 1 aliphatic rings. The third-order valence-electron chi connectivity index (χ3n) is 5.65. The van der Waals surface area contributed by atoms with Gasteiger partial charge >= 0.3 is 10.2 Å². The second kappa shape index (κ2) is 10.1. The maximum absolute atomic E-state index is 14.9. The molecule has 2 heterocycles. The minimum atomic E-state index is -4.21. The number of nitrogens with zero attached hydrogens (tertiary/aromatic N) is 2. The Morgan fingerprint density at radius 1 is 1.17 bits per heavy atom. The third-order valence-corrected chi connectivity index (χ3v) is 7.05. The highest BCUT2D eigenvalue weighted by Gasteiger charge is 2.31. The number of carbonyl (C=O) groups excluding carboxylic acids is 1. The van der Waals surface area contributed by atoms with E-state index in [2.05, 4.69) is 4.98 Å². The summed E-state index contributed by atoms with van der Waals surface area (Å²) in [5.41, 5.74) is 2.17. The van der Waals surface area contributed by atoms with Gasteiger partial charge in [-0.15, -0.1) is 0 Å². The molecule has 3 aromatic rings. The van der Waals surface area contributed by atoms with Gasteiger partial charge in [0.05, 0.1) is 24.1 Å². The van der Waals surface area contributed by atoms with Crippen LogP contribution in [0.5, 0.6) is 17.4 Å². The van der Waals surface area contributed by atoms with Gasteiger partial charge in [0, 0.05) is 18.2 Å². The lowest BCUT2D eigenvalue weighted by Crippen LogP contribution is -2.43. The fourth-order valence-electron chi connectivity index (χ4n) is 3.85. The van der Waals surface area contributed by atoms with Gasteiger partial charge in [-0.25, -0.2) is 14.1 Å². The molecule has 0 saturated heterocycles. The summed E-state index contributed by atoms with van der Waals surface area (Å²) in [5, 5.41) is 0. The van der Waals surface area contributed by atoms with Crippen molar-refractivity contribution in [3.05, 3.63) is 76.7 Å². The summed E-state index contributed by atoms with van der Waals surface area (Å²) in [6.45, 7) is 8.27. The first-order valence-electron chi connectivity index (χ1n) is 11.6. The number of benzene rings is 2. The van der Waals surface area contributed by atoms with Gasteiger partial charge in [-0.1, -0.05) is 32.0 Å². The Balaban J connectivity index is 1.49. The first-order valence-corrected chi connectivity index (χ1v) is 13.0. The summed E-state index contributed by atoms with van der Waals surface area (Å²) in [4.78, 5) is 17.0. The number of pyridine rings is 1. The Bertz CT molecular complexity index is 1410. The molecule has 0 fully saturated rings. The Morgan fingerprint density at radius 3 is 2.64 bits per heavy atom. The van der Waals surface area contributed by atoms with Crippen molar-refractivity contribution in [2.45, 2.75) is 34.1 Å². The molecule has 2 aromatic carbocycles. The molecule has 0 radical (unpaired) electrons. The van der Waals surface area contributed by atoms with Crippen LogP contribution in [0.15, 0.2) is 48.7 Å². The Labute approximate surface area is 210 Å².